The molecule has 2 fully saturated rings. The van der Waals surface area contributed by atoms with Gasteiger partial charge in [0, 0.05) is 25.7 Å². The minimum absolute atomic E-state index is 0.352. The first-order chi connectivity index (χ1) is 10.3. The molecular formula is C17H32N4. The maximum atomic E-state index is 4.31. The average molecular weight is 292 g/mol. The fourth-order valence-electron chi connectivity index (χ4n) is 3.82. The minimum Gasteiger partial charge on any atom is -0.355 e. The van der Waals surface area contributed by atoms with Crippen LogP contribution in [-0.2, 0) is 0 Å². The number of guanidine groups is 1. The van der Waals surface area contributed by atoms with E-state index < -0.39 is 0 Å². The average Bonchev–Trinajstić information content (AvgIpc) is 2.57. The Morgan fingerprint density at radius 1 is 1.10 bits per heavy atom. The van der Waals surface area contributed by atoms with Gasteiger partial charge in [-0.15, -0.1) is 6.58 Å². The molecule has 0 aromatic carbocycles. The quantitative estimate of drug-likeness (QED) is 0.465. The van der Waals surface area contributed by atoms with Crippen molar-refractivity contribution < 1.29 is 0 Å². The molecule has 2 aliphatic rings. The molecule has 2 N–H and O–H groups in total. The normalized spacial score (nSPS) is 23.6. The lowest BCUT2D eigenvalue weighted by molar-refractivity contribution is 0.0368. The topological polar surface area (TPSA) is 39.7 Å². The molecule has 0 unspecified atom stereocenters. The first-order valence-electron chi connectivity index (χ1n) is 8.61. The Labute approximate surface area is 130 Å². The van der Waals surface area contributed by atoms with Crippen molar-refractivity contribution in [1.82, 2.24) is 15.5 Å². The monoisotopic (exact) mass is 292 g/mol. The zero-order valence-corrected chi connectivity index (χ0v) is 13.7. The second-order valence-corrected chi connectivity index (χ2v) is 6.43. The molecule has 0 radical (unpaired) electrons. The van der Waals surface area contributed by atoms with E-state index in [0.717, 1.165) is 19.0 Å². The van der Waals surface area contributed by atoms with E-state index in [4.69, 9.17) is 0 Å². The first-order valence-corrected chi connectivity index (χ1v) is 8.61. The molecule has 4 heteroatoms. The maximum Gasteiger partial charge on any atom is 0.191 e. The third-order valence-electron chi connectivity index (χ3n) is 5.03. The summed E-state index contributed by atoms with van der Waals surface area (Å²) in [5.41, 5.74) is 0.352. The molecule has 120 valence electrons. The predicted octanol–water partition coefficient (Wildman–Crippen LogP) is 2.53. The second kappa shape index (κ2) is 8.42. The highest BCUT2D eigenvalue weighted by molar-refractivity contribution is 5.79. The van der Waals surface area contributed by atoms with Crippen molar-refractivity contribution in [3.63, 3.8) is 0 Å². The van der Waals surface area contributed by atoms with Crippen LogP contribution in [0, 0.1) is 0 Å². The van der Waals surface area contributed by atoms with Crippen LogP contribution in [0.3, 0.4) is 0 Å². The standard InChI is InChI=1S/C17H32N4/c1-3-12-19-16(18-2)20-15-17(10-6-4-7-11-17)21-13-8-5-9-14-21/h3H,1,4-15H2,2H3,(H2,18,19,20). The molecule has 1 saturated carbocycles. The van der Waals surface area contributed by atoms with E-state index in [9.17, 15) is 0 Å². The van der Waals surface area contributed by atoms with E-state index in [0.29, 0.717) is 5.54 Å². The number of hydrogen-bond donors (Lipinski definition) is 2. The highest BCUT2D eigenvalue weighted by atomic mass is 15.2. The van der Waals surface area contributed by atoms with Crippen molar-refractivity contribution in [3.05, 3.63) is 12.7 Å². The number of hydrogen-bond acceptors (Lipinski definition) is 2. The fraction of sp³-hybridized carbons (Fsp3) is 0.824. The molecule has 1 heterocycles. The number of nitrogens with zero attached hydrogens (tertiary/aromatic N) is 2. The lowest BCUT2D eigenvalue weighted by atomic mass is 9.79. The first kappa shape index (κ1) is 16.3. The Bertz CT molecular complexity index is 339. The molecule has 4 nitrogen and oxygen atoms in total. The van der Waals surface area contributed by atoms with Gasteiger partial charge >= 0.3 is 0 Å². The van der Waals surface area contributed by atoms with Gasteiger partial charge in [-0.3, -0.25) is 9.89 Å². The molecule has 0 aromatic rings. The van der Waals surface area contributed by atoms with Crippen LogP contribution in [0.25, 0.3) is 0 Å². The summed E-state index contributed by atoms with van der Waals surface area (Å²) in [5, 5.41) is 6.84. The van der Waals surface area contributed by atoms with Gasteiger partial charge < -0.3 is 10.6 Å². The van der Waals surface area contributed by atoms with Gasteiger partial charge in [-0.2, -0.15) is 0 Å². The number of likely N-dealkylation sites (tertiary alicyclic amines) is 1. The maximum absolute atomic E-state index is 4.31. The summed E-state index contributed by atoms with van der Waals surface area (Å²) in [6.07, 6.45) is 12.8. The fourth-order valence-corrected chi connectivity index (χ4v) is 3.82. The van der Waals surface area contributed by atoms with Crippen LogP contribution in [-0.4, -0.2) is 49.6 Å². The molecule has 1 aliphatic carbocycles. The summed E-state index contributed by atoms with van der Waals surface area (Å²) >= 11 is 0. The van der Waals surface area contributed by atoms with Gasteiger partial charge in [0.15, 0.2) is 5.96 Å². The van der Waals surface area contributed by atoms with E-state index in [1.165, 1.54) is 64.5 Å². The molecule has 2 rings (SSSR count). The third kappa shape index (κ3) is 4.47. The number of aliphatic imine (C=N–C) groups is 1. The molecule has 0 atom stereocenters. The molecule has 0 aromatic heterocycles. The SMILES string of the molecule is C=CCNC(=NC)NCC1(N2CCCCC2)CCCCC1. The minimum atomic E-state index is 0.352. The summed E-state index contributed by atoms with van der Waals surface area (Å²) in [6, 6.07) is 0. The summed E-state index contributed by atoms with van der Waals surface area (Å²) in [7, 11) is 1.84. The number of rotatable bonds is 5. The van der Waals surface area contributed by atoms with Crippen molar-refractivity contribution in [3.8, 4) is 0 Å². The second-order valence-electron chi connectivity index (χ2n) is 6.43. The van der Waals surface area contributed by atoms with Crippen molar-refractivity contribution in [2.24, 2.45) is 4.99 Å². The van der Waals surface area contributed by atoms with Crippen LogP contribution in [0.2, 0.25) is 0 Å². The zero-order chi connectivity index (χ0) is 15.0. The van der Waals surface area contributed by atoms with Gasteiger partial charge in [0.05, 0.1) is 0 Å². The van der Waals surface area contributed by atoms with Crippen LogP contribution in [0.15, 0.2) is 17.6 Å². The Morgan fingerprint density at radius 2 is 1.76 bits per heavy atom. The van der Waals surface area contributed by atoms with Gasteiger partial charge in [-0.25, -0.2) is 0 Å². The lowest BCUT2D eigenvalue weighted by Gasteiger charge is -2.48. The largest absolute Gasteiger partial charge is 0.355 e. The van der Waals surface area contributed by atoms with Crippen LogP contribution < -0.4 is 10.6 Å². The summed E-state index contributed by atoms with van der Waals surface area (Å²) in [6.45, 7) is 8.08. The molecule has 0 bridgehead atoms. The Kier molecular flexibility index (Phi) is 6.55. The zero-order valence-electron chi connectivity index (χ0n) is 13.7. The van der Waals surface area contributed by atoms with Crippen molar-refractivity contribution in [2.75, 3.05) is 33.2 Å². The Morgan fingerprint density at radius 3 is 2.38 bits per heavy atom. The predicted molar refractivity (Wildman–Crippen MR) is 90.8 cm³/mol. The number of piperidine rings is 1. The molecule has 0 amide bonds. The van der Waals surface area contributed by atoms with Crippen molar-refractivity contribution in [2.45, 2.75) is 56.9 Å². The van der Waals surface area contributed by atoms with Gasteiger partial charge in [-0.1, -0.05) is 31.8 Å². The van der Waals surface area contributed by atoms with Gasteiger partial charge in [0.25, 0.3) is 0 Å². The number of nitrogens with one attached hydrogen (secondary N) is 2. The van der Waals surface area contributed by atoms with Crippen molar-refractivity contribution in [1.29, 1.82) is 0 Å². The van der Waals surface area contributed by atoms with E-state index in [1.807, 2.05) is 13.1 Å². The van der Waals surface area contributed by atoms with Crippen LogP contribution in [0.4, 0.5) is 0 Å². The molecule has 21 heavy (non-hydrogen) atoms. The van der Waals surface area contributed by atoms with Crippen molar-refractivity contribution >= 4 is 5.96 Å². The smallest absolute Gasteiger partial charge is 0.191 e. The Balaban J connectivity index is 1.96. The molecule has 1 aliphatic heterocycles. The van der Waals surface area contributed by atoms with Crippen LogP contribution >= 0.6 is 0 Å². The van der Waals surface area contributed by atoms with E-state index >= 15 is 0 Å². The van der Waals surface area contributed by atoms with Crippen LogP contribution in [0.1, 0.15) is 51.4 Å². The third-order valence-corrected chi connectivity index (χ3v) is 5.03. The summed E-state index contributed by atoms with van der Waals surface area (Å²) < 4.78 is 0. The Hall–Kier alpha value is -1.03. The van der Waals surface area contributed by atoms with E-state index in [2.05, 4.69) is 27.1 Å². The van der Waals surface area contributed by atoms with Crippen LogP contribution in [0.5, 0.6) is 0 Å². The van der Waals surface area contributed by atoms with E-state index in [-0.39, 0.29) is 0 Å². The van der Waals surface area contributed by atoms with Gasteiger partial charge in [0.1, 0.15) is 0 Å². The molecular weight excluding hydrogens is 260 g/mol. The highest BCUT2D eigenvalue weighted by Crippen LogP contribution is 2.35. The summed E-state index contributed by atoms with van der Waals surface area (Å²) in [5.74, 6) is 0.900. The van der Waals surface area contributed by atoms with E-state index in [1.54, 1.807) is 0 Å². The molecule has 1 saturated heterocycles. The van der Waals surface area contributed by atoms with Gasteiger partial charge in [0.2, 0.25) is 0 Å². The molecule has 0 spiro atoms. The lowest BCUT2D eigenvalue weighted by Crippen LogP contribution is -2.59. The highest BCUT2D eigenvalue weighted by Gasteiger charge is 2.38. The summed E-state index contributed by atoms with van der Waals surface area (Å²) in [4.78, 5) is 7.08. The van der Waals surface area contributed by atoms with Gasteiger partial charge in [-0.05, 0) is 38.8 Å².